The highest BCUT2D eigenvalue weighted by Gasteiger charge is 2.24. The van der Waals surface area contributed by atoms with Gasteiger partial charge in [-0.1, -0.05) is 36.4 Å². The first-order valence-corrected chi connectivity index (χ1v) is 7.37. The van der Waals surface area contributed by atoms with Gasteiger partial charge in [-0.15, -0.1) is 0 Å². The van der Waals surface area contributed by atoms with Gasteiger partial charge in [-0.2, -0.15) is 0 Å². The van der Waals surface area contributed by atoms with Crippen LogP contribution in [0.25, 0.3) is 10.8 Å². The fourth-order valence-corrected chi connectivity index (χ4v) is 3.20. The molecule has 3 rings (SSSR count). The normalized spacial score (nSPS) is 22.0. The maximum atomic E-state index is 10.6. The molecule has 0 bridgehead atoms. The quantitative estimate of drug-likeness (QED) is 0.882. The van der Waals surface area contributed by atoms with Crippen LogP contribution < -0.4 is 5.73 Å². The number of phenols is 1. The molecule has 0 saturated carbocycles. The summed E-state index contributed by atoms with van der Waals surface area (Å²) in [6, 6.07) is 12.6. The van der Waals surface area contributed by atoms with E-state index >= 15 is 0 Å². The molecule has 2 aromatic rings. The van der Waals surface area contributed by atoms with Crippen LogP contribution >= 0.6 is 0 Å². The monoisotopic (exact) mass is 270 g/mol. The van der Waals surface area contributed by atoms with Crippen molar-refractivity contribution in [2.45, 2.75) is 31.8 Å². The molecule has 1 aliphatic rings. The number of hydrogen-bond donors (Lipinski definition) is 2. The lowest BCUT2D eigenvalue weighted by Gasteiger charge is -2.35. The first-order valence-electron chi connectivity index (χ1n) is 7.37. The van der Waals surface area contributed by atoms with Gasteiger partial charge in [-0.25, -0.2) is 0 Å². The third kappa shape index (κ3) is 2.39. The van der Waals surface area contributed by atoms with Crippen LogP contribution in [-0.4, -0.2) is 29.1 Å². The predicted molar refractivity (Wildman–Crippen MR) is 82.8 cm³/mol. The van der Waals surface area contributed by atoms with E-state index in [2.05, 4.69) is 17.9 Å². The van der Waals surface area contributed by atoms with Gasteiger partial charge in [0.25, 0.3) is 0 Å². The molecule has 3 nitrogen and oxygen atoms in total. The Hall–Kier alpha value is -1.58. The SMILES string of the molecule is CC(c1ccc2ccccc2c1O)N1CCCC(N)C1. The van der Waals surface area contributed by atoms with Gasteiger partial charge in [0.2, 0.25) is 0 Å². The summed E-state index contributed by atoms with van der Waals surface area (Å²) in [6.07, 6.45) is 2.24. The fraction of sp³-hybridized carbons (Fsp3) is 0.412. The maximum Gasteiger partial charge on any atom is 0.128 e. The van der Waals surface area contributed by atoms with Gasteiger partial charge in [0, 0.05) is 29.6 Å². The van der Waals surface area contributed by atoms with Crippen molar-refractivity contribution >= 4 is 10.8 Å². The minimum absolute atomic E-state index is 0.200. The van der Waals surface area contributed by atoms with Gasteiger partial charge in [0.1, 0.15) is 5.75 Å². The van der Waals surface area contributed by atoms with Crippen LogP contribution in [0.15, 0.2) is 36.4 Å². The van der Waals surface area contributed by atoms with Crippen molar-refractivity contribution in [3.8, 4) is 5.75 Å². The van der Waals surface area contributed by atoms with Crippen molar-refractivity contribution < 1.29 is 5.11 Å². The summed E-state index contributed by atoms with van der Waals surface area (Å²) in [5, 5.41) is 12.6. The van der Waals surface area contributed by atoms with Gasteiger partial charge in [0.15, 0.2) is 0 Å². The molecule has 2 unspecified atom stereocenters. The van der Waals surface area contributed by atoms with Crippen LogP contribution in [0, 0.1) is 0 Å². The summed E-state index contributed by atoms with van der Waals surface area (Å²) >= 11 is 0. The first-order chi connectivity index (χ1) is 9.66. The Balaban J connectivity index is 1.95. The summed E-state index contributed by atoms with van der Waals surface area (Å²) in [6.45, 7) is 4.12. The highest BCUT2D eigenvalue weighted by Crippen LogP contribution is 2.35. The summed E-state index contributed by atoms with van der Waals surface area (Å²) in [5.41, 5.74) is 7.06. The van der Waals surface area contributed by atoms with Crippen LogP contribution in [0.1, 0.15) is 31.4 Å². The van der Waals surface area contributed by atoms with Crippen LogP contribution in [0.5, 0.6) is 5.75 Å². The Morgan fingerprint density at radius 3 is 2.85 bits per heavy atom. The number of piperidine rings is 1. The maximum absolute atomic E-state index is 10.6. The summed E-state index contributed by atoms with van der Waals surface area (Å²) < 4.78 is 0. The zero-order valence-electron chi connectivity index (χ0n) is 11.9. The van der Waals surface area contributed by atoms with E-state index in [1.165, 1.54) is 0 Å². The van der Waals surface area contributed by atoms with Crippen molar-refractivity contribution in [2.24, 2.45) is 5.73 Å². The predicted octanol–water partition coefficient (Wildman–Crippen LogP) is 3.03. The number of rotatable bonds is 2. The van der Waals surface area contributed by atoms with E-state index in [0.29, 0.717) is 5.75 Å². The van der Waals surface area contributed by atoms with Crippen LogP contribution in [-0.2, 0) is 0 Å². The first kappa shape index (κ1) is 13.4. The van der Waals surface area contributed by atoms with Crippen molar-refractivity contribution in [1.82, 2.24) is 4.90 Å². The molecule has 0 amide bonds. The molecule has 20 heavy (non-hydrogen) atoms. The van der Waals surface area contributed by atoms with E-state index in [4.69, 9.17) is 5.73 Å². The van der Waals surface area contributed by atoms with E-state index in [1.54, 1.807) is 0 Å². The highest BCUT2D eigenvalue weighted by molar-refractivity contribution is 5.89. The fourth-order valence-electron chi connectivity index (χ4n) is 3.20. The number of likely N-dealkylation sites (tertiary alicyclic amines) is 1. The average molecular weight is 270 g/mol. The lowest BCUT2D eigenvalue weighted by Crippen LogP contribution is -2.43. The third-order valence-electron chi connectivity index (χ3n) is 4.42. The molecular weight excluding hydrogens is 248 g/mol. The molecule has 1 saturated heterocycles. The minimum atomic E-state index is 0.200. The van der Waals surface area contributed by atoms with Gasteiger partial charge in [-0.05, 0) is 31.7 Å². The smallest absolute Gasteiger partial charge is 0.128 e. The van der Waals surface area contributed by atoms with Crippen molar-refractivity contribution in [3.63, 3.8) is 0 Å². The van der Waals surface area contributed by atoms with E-state index < -0.39 is 0 Å². The topological polar surface area (TPSA) is 49.5 Å². The molecule has 1 heterocycles. The molecule has 0 spiro atoms. The number of fused-ring (bicyclic) bond motifs is 1. The van der Waals surface area contributed by atoms with Crippen molar-refractivity contribution in [3.05, 3.63) is 42.0 Å². The second kappa shape index (κ2) is 5.43. The number of aromatic hydroxyl groups is 1. The molecule has 3 N–H and O–H groups in total. The van der Waals surface area contributed by atoms with E-state index in [0.717, 1.165) is 42.3 Å². The Bertz CT molecular complexity index is 611. The molecule has 1 fully saturated rings. The van der Waals surface area contributed by atoms with Crippen molar-refractivity contribution in [2.75, 3.05) is 13.1 Å². The molecular formula is C17H22N2O. The molecule has 0 aliphatic carbocycles. The van der Waals surface area contributed by atoms with Gasteiger partial charge >= 0.3 is 0 Å². The van der Waals surface area contributed by atoms with Crippen LogP contribution in [0.4, 0.5) is 0 Å². The summed E-state index contributed by atoms with van der Waals surface area (Å²) in [5.74, 6) is 0.412. The average Bonchev–Trinajstić information content (AvgIpc) is 2.47. The lowest BCUT2D eigenvalue weighted by atomic mass is 9.97. The molecule has 2 atom stereocenters. The highest BCUT2D eigenvalue weighted by atomic mass is 16.3. The zero-order valence-corrected chi connectivity index (χ0v) is 11.9. The number of phenolic OH excluding ortho intramolecular Hbond substituents is 1. The Labute approximate surface area is 120 Å². The molecule has 0 radical (unpaired) electrons. The molecule has 106 valence electrons. The van der Waals surface area contributed by atoms with E-state index in [-0.39, 0.29) is 12.1 Å². The molecule has 2 aromatic carbocycles. The summed E-state index contributed by atoms with van der Waals surface area (Å²) in [7, 11) is 0. The molecule has 1 aliphatic heterocycles. The Kier molecular flexibility index (Phi) is 3.64. The van der Waals surface area contributed by atoms with Crippen molar-refractivity contribution in [1.29, 1.82) is 0 Å². The standard InChI is InChI=1S/C17H22N2O/c1-12(19-10-4-6-14(18)11-19)15-9-8-13-5-2-3-7-16(13)17(15)20/h2-3,5,7-9,12,14,20H,4,6,10-11,18H2,1H3. The molecule has 3 heteroatoms. The number of hydrogen-bond acceptors (Lipinski definition) is 3. The second-order valence-corrected chi connectivity index (χ2v) is 5.80. The summed E-state index contributed by atoms with van der Waals surface area (Å²) in [4.78, 5) is 2.37. The largest absolute Gasteiger partial charge is 0.507 e. The number of nitrogens with two attached hydrogens (primary N) is 1. The van der Waals surface area contributed by atoms with E-state index in [1.807, 2.05) is 30.3 Å². The van der Waals surface area contributed by atoms with Crippen LogP contribution in [0.2, 0.25) is 0 Å². The zero-order chi connectivity index (χ0) is 14.1. The molecule has 0 aromatic heterocycles. The van der Waals surface area contributed by atoms with E-state index in [9.17, 15) is 5.11 Å². The number of benzene rings is 2. The van der Waals surface area contributed by atoms with Crippen LogP contribution in [0.3, 0.4) is 0 Å². The Morgan fingerprint density at radius 1 is 1.25 bits per heavy atom. The third-order valence-corrected chi connectivity index (χ3v) is 4.42. The lowest BCUT2D eigenvalue weighted by molar-refractivity contribution is 0.158. The number of nitrogens with zero attached hydrogens (tertiary/aromatic N) is 1. The van der Waals surface area contributed by atoms with Gasteiger partial charge in [-0.3, -0.25) is 4.90 Å². The Morgan fingerprint density at radius 2 is 2.05 bits per heavy atom. The van der Waals surface area contributed by atoms with Gasteiger partial charge in [0.05, 0.1) is 0 Å². The second-order valence-electron chi connectivity index (χ2n) is 5.80. The van der Waals surface area contributed by atoms with Gasteiger partial charge < -0.3 is 10.8 Å². The minimum Gasteiger partial charge on any atom is -0.507 e.